The van der Waals surface area contributed by atoms with E-state index < -0.39 is 16.0 Å². The van der Waals surface area contributed by atoms with Gasteiger partial charge in [-0.15, -0.1) is 12.4 Å². The number of piperidine rings is 1. The minimum atomic E-state index is -3.50. The fourth-order valence-corrected chi connectivity index (χ4v) is 6.85. The van der Waals surface area contributed by atoms with E-state index in [-0.39, 0.29) is 47.3 Å². The normalized spacial score (nSPS) is 17.2. The van der Waals surface area contributed by atoms with Gasteiger partial charge >= 0.3 is 5.97 Å². The van der Waals surface area contributed by atoms with Gasteiger partial charge in [-0.1, -0.05) is 51.2 Å². The summed E-state index contributed by atoms with van der Waals surface area (Å²) in [5, 5.41) is 3.42. The molecule has 2 N–H and O–H groups in total. The van der Waals surface area contributed by atoms with Gasteiger partial charge in [0.1, 0.15) is 17.1 Å². The maximum Gasteiger partial charge on any atom is 0.341 e. The molecule has 4 rings (SSSR count). The number of carbonyl (C=O) groups excluding carboxylic acids is 2. The van der Waals surface area contributed by atoms with Gasteiger partial charge in [0.05, 0.1) is 13.4 Å². The Balaban J connectivity index is 0.00000529. The monoisotopic (exact) mass is 649 g/mol. The Morgan fingerprint density at radius 1 is 1.00 bits per heavy atom. The lowest BCUT2D eigenvalue weighted by Gasteiger charge is -2.35. The predicted octanol–water partition coefficient (Wildman–Crippen LogP) is 6.53. The van der Waals surface area contributed by atoms with Gasteiger partial charge in [-0.25, -0.2) is 13.2 Å². The number of esters is 1. The Morgan fingerprint density at radius 2 is 1.68 bits per heavy atom. The van der Waals surface area contributed by atoms with Gasteiger partial charge in [-0.05, 0) is 73.9 Å². The first-order valence-corrected chi connectivity index (χ1v) is 17.5. The second-order valence-electron chi connectivity index (χ2n) is 12.0. The highest BCUT2D eigenvalue weighted by Gasteiger charge is 2.31. The number of likely N-dealkylation sites (tertiary alicyclic amines) is 1. The molecule has 2 aliphatic rings. The third-order valence-corrected chi connectivity index (χ3v) is 9.21. The van der Waals surface area contributed by atoms with E-state index in [1.165, 1.54) is 57.4 Å². The Kier molecular flexibility index (Phi) is 13.8. The topological polar surface area (TPSA) is 114 Å². The van der Waals surface area contributed by atoms with Crippen LogP contribution in [0.25, 0.3) is 0 Å². The van der Waals surface area contributed by atoms with Crippen molar-refractivity contribution in [1.29, 1.82) is 0 Å². The molecule has 0 spiro atoms. The fourth-order valence-electron chi connectivity index (χ4n) is 6.30. The molecule has 11 heteroatoms. The average molecular weight is 650 g/mol. The molecule has 1 unspecified atom stereocenters. The van der Waals surface area contributed by atoms with E-state index in [4.69, 9.17) is 9.47 Å². The van der Waals surface area contributed by atoms with E-state index in [0.29, 0.717) is 11.7 Å². The number of nitrogens with one attached hydrogen (secondary N) is 2. The molecule has 2 fully saturated rings. The van der Waals surface area contributed by atoms with Crippen LogP contribution < -0.4 is 14.8 Å². The Morgan fingerprint density at radius 3 is 2.30 bits per heavy atom. The first-order chi connectivity index (χ1) is 20.6. The molecule has 1 atom stereocenters. The highest BCUT2D eigenvalue weighted by atomic mass is 35.5. The van der Waals surface area contributed by atoms with Crippen LogP contribution in [0.5, 0.6) is 11.5 Å². The van der Waals surface area contributed by atoms with Crippen LogP contribution in [0.2, 0.25) is 0 Å². The lowest BCUT2D eigenvalue weighted by atomic mass is 9.77. The van der Waals surface area contributed by atoms with E-state index in [0.717, 1.165) is 63.6 Å². The summed E-state index contributed by atoms with van der Waals surface area (Å²) in [6, 6.07) is 12.4. The third-order valence-electron chi connectivity index (χ3n) is 8.60. The molecule has 9 nitrogen and oxygen atoms in total. The number of methoxy groups -OCH3 is 1. The summed E-state index contributed by atoms with van der Waals surface area (Å²) in [5.74, 6) is 1.19. The zero-order valence-electron chi connectivity index (χ0n) is 26.2. The number of carbonyl (C=O) groups is 2. The minimum Gasteiger partial charge on any atom is -0.465 e. The largest absolute Gasteiger partial charge is 0.465 e. The van der Waals surface area contributed by atoms with Crippen LogP contribution in [0.15, 0.2) is 42.5 Å². The number of halogens is 1. The van der Waals surface area contributed by atoms with E-state index in [2.05, 4.69) is 21.9 Å². The maximum absolute atomic E-state index is 13.3. The number of sulfonamides is 1. The lowest BCUT2D eigenvalue weighted by Crippen LogP contribution is -2.47. The number of benzene rings is 2. The summed E-state index contributed by atoms with van der Waals surface area (Å²) in [4.78, 5) is 28.1. The summed E-state index contributed by atoms with van der Waals surface area (Å²) in [5.41, 5.74) is 1.51. The van der Waals surface area contributed by atoms with Gasteiger partial charge in [-0.2, -0.15) is 0 Å². The third kappa shape index (κ3) is 10.7. The molecule has 2 aromatic rings. The van der Waals surface area contributed by atoms with Crippen LogP contribution in [0.1, 0.15) is 87.1 Å². The molecule has 1 aliphatic carbocycles. The summed E-state index contributed by atoms with van der Waals surface area (Å²) < 4.78 is 36.4. The standard InChI is InChI=1S/C33H47N3O6S.ClH/c1-4-5-11-29(25-9-7-6-8-10-25)32(37)34-26-18-20-36(21-19-26)23-24-12-15-28(16-13-24)42-31-17-14-27(35-43(3,39)40)22-30(31)33(38)41-2;/h12-17,22,25-26,29,35H,4-11,18-21,23H2,1-3H3,(H,34,37);1H. The van der Waals surface area contributed by atoms with E-state index in [1.54, 1.807) is 0 Å². The van der Waals surface area contributed by atoms with E-state index >= 15 is 0 Å². The molecule has 2 aromatic carbocycles. The van der Waals surface area contributed by atoms with Gasteiger partial charge in [0.2, 0.25) is 15.9 Å². The molecule has 1 aliphatic heterocycles. The number of hydrogen-bond acceptors (Lipinski definition) is 7. The van der Waals surface area contributed by atoms with Crippen molar-refractivity contribution >= 4 is 40.0 Å². The number of nitrogens with zero attached hydrogens (tertiary/aromatic N) is 1. The van der Waals surface area contributed by atoms with Crippen LogP contribution >= 0.6 is 12.4 Å². The second kappa shape index (κ2) is 17.0. The fraction of sp³-hybridized carbons (Fsp3) is 0.576. The number of rotatable bonds is 13. The molecular weight excluding hydrogens is 602 g/mol. The molecule has 1 amide bonds. The summed E-state index contributed by atoms with van der Waals surface area (Å²) in [6.45, 7) is 4.88. The molecule has 244 valence electrons. The average Bonchev–Trinajstić information content (AvgIpc) is 2.99. The van der Waals surface area contributed by atoms with Crippen LogP contribution in [-0.4, -0.2) is 57.7 Å². The van der Waals surface area contributed by atoms with Crippen molar-refractivity contribution in [2.75, 3.05) is 31.2 Å². The number of hydrogen-bond donors (Lipinski definition) is 2. The quantitative estimate of drug-likeness (QED) is 0.237. The lowest BCUT2D eigenvalue weighted by molar-refractivity contribution is -0.128. The van der Waals surface area contributed by atoms with Crippen LogP contribution in [0.3, 0.4) is 0 Å². The molecule has 1 saturated heterocycles. The van der Waals surface area contributed by atoms with Gasteiger partial charge in [-0.3, -0.25) is 14.4 Å². The highest BCUT2D eigenvalue weighted by molar-refractivity contribution is 7.92. The molecule has 0 radical (unpaired) electrons. The van der Waals surface area contributed by atoms with Crippen molar-refractivity contribution in [3.8, 4) is 11.5 Å². The van der Waals surface area contributed by atoms with Gasteiger partial charge < -0.3 is 14.8 Å². The summed E-state index contributed by atoms with van der Waals surface area (Å²) in [6.07, 6.45) is 12.5. The predicted molar refractivity (Wildman–Crippen MR) is 176 cm³/mol. The minimum absolute atomic E-state index is 0. The second-order valence-corrected chi connectivity index (χ2v) is 13.8. The zero-order chi connectivity index (χ0) is 30.8. The van der Waals surface area contributed by atoms with Crippen molar-refractivity contribution in [1.82, 2.24) is 10.2 Å². The summed E-state index contributed by atoms with van der Waals surface area (Å²) in [7, 11) is -2.24. The maximum atomic E-state index is 13.3. The summed E-state index contributed by atoms with van der Waals surface area (Å²) >= 11 is 0. The van der Waals surface area contributed by atoms with Crippen molar-refractivity contribution < 1.29 is 27.5 Å². The number of unbranched alkanes of at least 4 members (excludes halogenated alkanes) is 1. The highest BCUT2D eigenvalue weighted by Crippen LogP contribution is 2.33. The Labute approximate surface area is 268 Å². The Hall–Kier alpha value is -2.82. The van der Waals surface area contributed by atoms with Gasteiger partial charge in [0.15, 0.2) is 0 Å². The molecule has 0 aromatic heterocycles. The van der Waals surface area contributed by atoms with Gasteiger partial charge in [0.25, 0.3) is 0 Å². The van der Waals surface area contributed by atoms with Crippen LogP contribution in [0.4, 0.5) is 5.69 Å². The van der Waals surface area contributed by atoms with Gasteiger partial charge in [0, 0.05) is 37.3 Å². The molecular formula is C33H48ClN3O6S. The molecule has 0 bridgehead atoms. The van der Waals surface area contributed by atoms with Crippen molar-refractivity contribution in [2.45, 2.75) is 83.7 Å². The van der Waals surface area contributed by atoms with E-state index in [1.807, 2.05) is 24.3 Å². The SMILES string of the molecule is CCCCC(C(=O)NC1CCN(Cc2ccc(Oc3ccc(NS(C)(=O)=O)cc3C(=O)OC)cc2)CC1)C1CCCCC1.Cl. The number of ether oxygens (including phenoxy) is 2. The smallest absolute Gasteiger partial charge is 0.341 e. The first-order valence-electron chi connectivity index (χ1n) is 15.6. The molecule has 44 heavy (non-hydrogen) atoms. The molecule has 1 saturated carbocycles. The van der Waals surface area contributed by atoms with Crippen molar-refractivity contribution in [3.05, 3.63) is 53.6 Å². The first kappa shape index (κ1) is 35.7. The van der Waals surface area contributed by atoms with Crippen LogP contribution in [0, 0.1) is 11.8 Å². The number of anilines is 1. The molecule has 1 heterocycles. The number of amides is 1. The van der Waals surface area contributed by atoms with Crippen molar-refractivity contribution in [3.63, 3.8) is 0 Å². The van der Waals surface area contributed by atoms with E-state index in [9.17, 15) is 18.0 Å². The Bertz CT molecular complexity index is 1320. The van der Waals surface area contributed by atoms with Crippen molar-refractivity contribution in [2.24, 2.45) is 11.8 Å². The zero-order valence-corrected chi connectivity index (χ0v) is 27.8. The van der Waals surface area contributed by atoms with Crippen LogP contribution in [-0.2, 0) is 26.1 Å².